The third-order valence-electron chi connectivity index (χ3n) is 4.63. The molecule has 0 saturated carbocycles. The Balaban J connectivity index is 1.89. The second-order valence-corrected chi connectivity index (χ2v) is 6.58. The number of benzene rings is 2. The van der Waals surface area contributed by atoms with Crippen LogP contribution in [-0.4, -0.2) is 26.8 Å². The molecule has 0 unspecified atom stereocenters. The maximum absolute atomic E-state index is 12.9. The van der Waals surface area contributed by atoms with Crippen LogP contribution in [0.1, 0.15) is 41.0 Å². The van der Waals surface area contributed by atoms with Crippen molar-refractivity contribution in [2.24, 2.45) is 0 Å². The number of carbonyl (C=O) groups is 2. The summed E-state index contributed by atoms with van der Waals surface area (Å²) in [5, 5.41) is 16.5. The van der Waals surface area contributed by atoms with Crippen molar-refractivity contribution in [3.8, 4) is 11.3 Å². The third kappa shape index (κ3) is 4.28. The molecule has 1 amide bonds. The molecule has 144 valence electrons. The maximum Gasteiger partial charge on any atom is 0.305 e. The van der Waals surface area contributed by atoms with Gasteiger partial charge in [-0.05, 0) is 36.6 Å². The molecule has 0 aliphatic rings. The van der Waals surface area contributed by atoms with Crippen molar-refractivity contribution in [3.05, 3.63) is 77.5 Å². The lowest BCUT2D eigenvalue weighted by atomic mass is 9.98. The van der Waals surface area contributed by atoms with Crippen molar-refractivity contribution < 1.29 is 14.7 Å². The monoisotopic (exact) mass is 377 g/mol. The summed E-state index contributed by atoms with van der Waals surface area (Å²) in [6.07, 6.45) is -0.198. The van der Waals surface area contributed by atoms with E-state index in [1.807, 2.05) is 68.4 Å². The molecule has 1 aromatic heterocycles. The van der Waals surface area contributed by atoms with Crippen LogP contribution in [-0.2, 0) is 11.3 Å². The summed E-state index contributed by atoms with van der Waals surface area (Å²) in [6, 6.07) is 18.3. The third-order valence-corrected chi connectivity index (χ3v) is 4.63. The number of aryl methyl sites for hydroxylation is 2. The number of hydrogen-bond acceptors (Lipinski definition) is 3. The van der Waals surface area contributed by atoms with Crippen molar-refractivity contribution in [1.29, 1.82) is 0 Å². The van der Waals surface area contributed by atoms with Crippen LogP contribution in [0.3, 0.4) is 0 Å². The molecule has 3 rings (SSSR count). The Bertz CT molecular complexity index is 980. The molecule has 28 heavy (non-hydrogen) atoms. The zero-order valence-corrected chi connectivity index (χ0v) is 15.9. The quantitative estimate of drug-likeness (QED) is 0.655. The SMILES string of the molecule is CCn1nc(C(=O)N[C@@H](CC(=O)O)c2ccccc2C)cc1-c1ccccc1. The highest BCUT2D eigenvalue weighted by Crippen LogP contribution is 2.23. The lowest BCUT2D eigenvalue weighted by Crippen LogP contribution is -2.31. The Labute approximate surface area is 163 Å². The molecule has 3 aromatic rings. The first-order valence-electron chi connectivity index (χ1n) is 9.21. The van der Waals surface area contributed by atoms with E-state index in [0.717, 1.165) is 22.4 Å². The largest absolute Gasteiger partial charge is 0.481 e. The smallest absolute Gasteiger partial charge is 0.305 e. The number of carbonyl (C=O) groups excluding carboxylic acids is 1. The predicted molar refractivity (Wildman–Crippen MR) is 107 cm³/mol. The van der Waals surface area contributed by atoms with Gasteiger partial charge in [0.15, 0.2) is 5.69 Å². The second-order valence-electron chi connectivity index (χ2n) is 6.58. The van der Waals surface area contributed by atoms with Crippen LogP contribution in [0.2, 0.25) is 0 Å². The van der Waals surface area contributed by atoms with Gasteiger partial charge in [-0.25, -0.2) is 0 Å². The van der Waals surface area contributed by atoms with E-state index in [1.54, 1.807) is 10.7 Å². The highest BCUT2D eigenvalue weighted by Gasteiger charge is 2.22. The molecule has 0 aliphatic carbocycles. The number of hydrogen-bond donors (Lipinski definition) is 2. The highest BCUT2D eigenvalue weighted by atomic mass is 16.4. The molecular formula is C22H23N3O3. The molecule has 2 aromatic carbocycles. The van der Waals surface area contributed by atoms with Crippen LogP contribution in [0.25, 0.3) is 11.3 Å². The van der Waals surface area contributed by atoms with Gasteiger partial charge in [-0.2, -0.15) is 5.10 Å². The molecule has 0 radical (unpaired) electrons. The summed E-state index contributed by atoms with van der Waals surface area (Å²) in [7, 11) is 0. The van der Waals surface area contributed by atoms with Crippen molar-refractivity contribution in [2.45, 2.75) is 32.9 Å². The van der Waals surface area contributed by atoms with Crippen LogP contribution in [0.4, 0.5) is 0 Å². The fraction of sp³-hybridized carbons (Fsp3) is 0.227. The van der Waals surface area contributed by atoms with Gasteiger partial charge < -0.3 is 10.4 Å². The van der Waals surface area contributed by atoms with E-state index in [4.69, 9.17) is 0 Å². The summed E-state index contributed by atoms with van der Waals surface area (Å²) in [6.45, 7) is 4.48. The number of aromatic nitrogens is 2. The van der Waals surface area contributed by atoms with E-state index in [0.29, 0.717) is 6.54 Å². The number of carboxylic acid groups (broad SMARTS) is 1. The van der Waals surface area contributed by atoms with Crippen molar-refractivity contribution >= 4 is 11.9 Å². The van der Waals surface area contributed by atoms with Gasteiger partial charge >= 0.3 is 5.97 Å². The lowest BCUT2D eigenvalue weighted by molar-refractivity contribution is -0.137. The van der Waals surface area contributed by atoms with E-state index >= 15 is 0 Å². The van der Waals surface area contributed by atoms with Crippen LogP contribution >= 0.6 is 0 Å². The fourth-order valence-electron chi connectivity index (χ4n) is 3.23. The molecule has 0 bridgehead atoms. The minimum Gasteiger partial charge on any atom is -0.481 e. The molecular weight excluding hydrogens is 354 g/mol. The molecule has 0 spiro atoms. The summed E-state index contributed by atoms with van der Waals surface area (Å²) >= 11 is 0. The Morgan fingerprint density at radius 3 is 2.43 bits per heavy atom. The van der Waals surface area contributed by atoms with Crippen LogP contribution in [0.5, 0.6) is 0 Å². The minimum atomic E-state index is -0.974. The number of nitrogens with one attached hydrogen (secondary N) is 1. The molecule has 2 N–H and O–H groups in total. The van der Waals surface area contributed by atoms with Gasteiger partial charge in [-0.1, -0.05) is 54.6 Å². The van der Waals surface area contributed by atoms with E-state index in [1.165, 1.54) is 0 Å². The van der Waals surface area contributed by atoms with Crippen molar-refractivity contribution in [2.75, 3.05) is 0 Å². The first kappa shape index (κ1) is 19.4. The average Bonchev–Trinajstić information content (AvgIpc) is 3.13. The van der Waals surface area contributed by atoms with Gasteiger partial charge in [0.25, 0.3) is 5.91 Å². The zero-order chi connectivity index (χ0) is 20.1. The molecule has 6 nitrogen and oxygen atoms in total. The lowest BCUT2D eigenvalue weighted by Gasteiger charge is -2.18. The van der Waals surface area contributed by atoms with E-state index in [9.17, 15) is 14.7 Å². The van der Waals surface area contributed by atoms with E-state index < -0.39 is 12.0 Å². The van der Waals surface area contributed by atoms with Gasteiger partial charge in [-0.15, -0.1) is 0 Å². The molecule has 0 aliphatic heterocycles. The summed E-state index contributed by atoms with van der Waals surface area (Å²) < 4.78 is 1.77. The molecule has 1 heterocycles. The van der Waals surface area contributed by atoms with Gasteiger partial charge in [-0.3, -0.25) is 14.3 Å². The number of carboxylic acids is 1. The Morgan fingerprint density at radius 1 is 1.11 bits per heavy atom. The minimum absolute atomic E-state index is 0.198. The molecule has 1 atom stereocenters. The summed E-state index contributed by atoms with van der Waals surface area (Å²) in [5.41, 5.74) is 3.80. The summed E-state index contributed by atoms with van der Waals surface area (Å²) in [5.74, 6) is -1.36. The number of nitrogens with zero attached hydrogens (tertiary/aromatic N) is 2. The van der Waals surface area contributed by atoms with Gasteiger partial charge in [0.1, 0.15) is 0 Å². The maximum atomic E-state index is 12.9. The van der Waals surface area contributed by atoms with Crippen LogP contribution in [0, 0.1) is 6.92 Å². The van der Waals surface area contributed by atoms with Gasteiger partial charge in [0, 0.05) is 6.54 Å². The normalized spacial score (nSPS) is 11.8. The Kier molecular flexibility index (Phi) is 5.89. The standard InChI is InChI=1S/C22H23N3O3/c1-3-25-20(16-10-5-4-6-11-16)13-19(24-25)22(28)23-18(14-21(26)27)17-12-8-7-9-15(17)2/h4-13,18H,3,14H2,1-2H3,(H,23,28)(H,26,27)/t18-/m0/s1. The zero-order valence-electron chi connectivity index (χ0n) is 15.9. The fourth-order valence-corrected chi connectivity index (χ4v) is 3.23. The number of amides is 1. The van der Waals surface area contributed by atoms with Crippen LogP contribution in [0.15, 0.2) is 60.7 Å². The molecule has 0 saturated heterocycles. The van der Waals surface area contributed by atoms with E-state index in [-0.39, 0.29) is 18.0 Å². The average molecular weight is 377 g/mol. The van der Waals surface area contributed by atoms with Gasteiger partial charge in [0.05, 0.1) is 18.2 Å². The Hall–Kier alpha value is -3.41. The van der Waals surface area contributed by atoms with Crippen LogP contribution < -0.4 is 5.32 Å². The first-order chi connectivity index (χ1) is 13.5. The topological polar surface area (TPSA) is 84.2 Å². The number of aliphatic carboxylic acids is 1. The molecule has 0 fully saturated rings. The van der Waals surface area contributed by atoms with Gasteiger partial charge in [0.2, 0.25) is 0 Å². The number of rotatable bonds is 7. The van der Waals surface area contributed by atoms with E-state index in [2.05, 4.69) is 10.4 Å². The molecule has 6 heteroatoms. The second kappa shape index (κ2) is 8.52. The highest BCUT2D eigenvalue weighted by molar-refractivity contribution is 5.94. The predicted octanol–water partition coefficient (Wildman–Crippen LogP) is 3.82. The first-order valence-corrected chi connectivity index (χ1v) is 9.21. The Morgan fingerprint density at radius 2 is 1.79 bits per heavy atom. The summed E-state index contributed by atoms with van der Waals surface area (Å²) in [4.78, 5) is 24.2. The van der Waals surface area contributed by atoms with Crippen molar-refractivity contribution in [1.82, 2.24) is 15.1 Å². The van der Waals surface area contributed by atoms with Crippen molar-refractivity contribution in [3.63, 3.8) is 0 Å².